The van der Waals surface area contributed by atoms with Crippen LogP contribution < -0.4 is 0 Å². The number of halogens is 4. The first-order chi connectivity index (χ1) is 12.4. The molecule has 4 rings (SSSR count). The first-order valence-corrected chi connectivity index (χ1v) is 8.98. The van der Waals surface area contributed by atoms with E-state index in [4.69, 9.17) is 0 Å². The van der Waals surface area contributed by atoms with Crippen LogP contribution in [-0.2, 0) is 12.8 Å². The summed E-state index contributed by atoms with van der Waals surface area (Å²) in [5.74, 6) is -2.00. The summed E-state index contributed by atoms with van der Waals surface area (Å²) in [4.78, 5) is 4.42. The Labute approximate surface area is 149 Å². The van der Waals surface area contributed by atoms with Gasteiger partial charge in [-0.3, -0.25) is 4.40 Å². The molecule has 2 aromatic heterocycles. The van der Waals surface area contributed by atoms with E-state index in [9.17, 15) is 22.7 Å². The van der Waals surface area contributed by atoms with E-state index in [1.807, 2.05) is 0 Å². The van der Waals surface area contributed by atoms with Crippen LogP contribution in [0.3, 0.4) is 0 Å². The number of aromatic nitrogens is 4. The van der Waals surface area contributed by atoms with Gasteiger partial charge in [0.1, 0.15) is 10.8 Å². The molecular formula is C16H14F4N4OS. The largest absolute Gasteiger partial charge is 0.452 e. The van der Waals surface area contributed by atoms with Crippen LogP contribution in [0.25, 0.3) is 16.7 Å². The highest BCUT2D eigenvalue weighted by Gasteiger charge is 2.38. The minimum atomic E-state index is -4.76. The van der Waals surface area contributed by atoms with Crippen molar-refractivity contribution in [3.8, 4) is 0 Å². The van der Waals surface area contributed by atoms with Gasteiger partial charge in [-0.25, -0.2) is 9.37 Å². The fourth-order valence-electron chi connectivity index (χ4n) is 3.29. The normalized spacial score (nSPS) is 16.2. The predicted octanol–water partition coefficient (Wildman–Crippen LogP) is 3.96. The second-order valence-corrected chi connectivity index (χ2v) is 7.50. The Balaban J connectivity index is 2.04. The summed E-state index contributed by atoms with van der Waals surface area (Å²) in [6.07, 6.45) is -0.723. The summed E-state index contributed by atoms with van der Waals surface area (Å²) in [7, 11) is 0. The Kier molecular flexibility index (Phi) is 4.26. The lowest BCUT2D eigenvalue weighted by Gasteiger charge is -2.13. The molecule has 0 bridgehead atoms. The molecule has 10 heteroatoms. The van der Waals surface area contributed by atoms with E-state index in [0.717, 1.165) is 42.2 Å². The van der Waals surface area contributed by atoms with Gasteiger partial charge in [0.05, 0.1) is 17.6 Å². The molecule has 1 aromatic carbocycles. The van der Waals surface area contributed by atoms with Crippen LogP contribution >= 0.6 is 11.8 Å². The number of aliphatic hydroxyl groups excluding tert-OH is 1. The molecule has 1 saturated carbocycles. The van der Waals surface area contributed by atoms with E-state index in [2.05, 4.69) is 15.2 Å². The van der Waals surface area contributed by atoms with Gasteiger partial charge >= 0.3 is 6.18 Å². The Morgan fingerprint density at radius 3 is 2.58 bits per heavy atom. The van der Waals surface area contributed by atoms with Crippen molar-refractivity contribution in [3.05, 3.63) is 29.3 Å². The lowest BCUT2D eigenvalue weighted by molar-refractivity contribution is -0.145. The Bertz CT molecular complexity index is 982. The molecule has 0 spiro atoms. The maximum Gasteiger partial charge on any atom is 0.452 e. The average molecular weight is 386 g/mol. The number of hydrogen-bond donors (Lipinski definition) is 1. The van der Waals surface area contributed by atoms with Crippen molar-refractivity contribution in [2.45, 2.75) is 48.7 Å². The zero-order chi connectivity index (χ0) is 18.5. The van der Waals surface area contributed by atoms with E-state index >= 15 is 0 Å². The topological polar surface area (TPSA) is 63.3 Å². The molecule has 0 saturated heterocycles. The Morgan fingerprint density at radius 2 is 1.92 bits per heavy atom. The SMILES string of the molecule is OCc1cc(F)cc2c1nc(SC1CCCC1)c1nnc(C(F)(F)F)n12. The molecule has 1 N–H and O–H groups in total. The van der Waals surface area contributed by atoms with Crippen LogP contribution in [0.2, 0.25) is 0 Å². The Morgan fingerprint density at radius 1 is 1.19 bits per heavy atom. The summed E-state index contributed by atoms with van der Waals surface area (Å²) in [5, 5.41) is 17.0. The lowest BCUT2D eigenvalue weighted by Crippen LogP contribution is -2.12. The number of thioether (sulfide) groups is 1. The highest BCUT2D eigenvalue weighted by molar-refractivity contribution is 8.00. The van der Waals surface area contributed by atoms with Crippen LogP contribution in [0.5, 0.6) is 0 Å². The van der Waals surface area contributed by atoms with Crippen molar-refractivity contribution in [3.63, 3.8) is 0 Å². The number of hydrogen-bond acceptors (Lipinski definition) is 5. The van der Waals surface area contributed by atoms with Crippen LogP contribution in [0.1, 0.15) is 37.1 Å². The molecule has 2 heterocycles. The van der Waals surface area contributed by atoms with Gasteiger partial charge in [0, 0.05) is 16.9 Å². The van der Waals surface area contributed by atoms with E-state index < -0.39 is 24.4 Å². The van der Waals surface area contributed by atoms with Crippen LogP contribution in [0.15, 0.2) is 17.2 Å². The summed E-state index contributed by atoms with van der Waals surface area (Å²) in [6.45, 7) is -0.538. The van der Waals surface area contributed by atoms with Gasteiger partial charge in [-0.15, -0.1) is 10.2 Å². The van der Waals surface area contributed by atoms with Crippen LogP contribution in [-0.4, -0.2) is 29.9 Å². The molecule has 3 aromatic rings. The first kappa shape index (κ1) is 17.5. The van der Waals surface area contributed by atoms with Gasteiger partial charge < -0.3 is 5.11 Å². The lowest BCUT2D eigenvalue weighted by atomic mass is 10.1. The molecule has 138 valence electrons. The molecule has 1 aliphatic rings. The number of nitrogens with zero attached hydrogens (tertiary/aromatic N) is 4. The third-order valence-electron chi connectivity index (χ3n) is 4.45. The summed E-state index contributed by atoms with van der Waals surface area (Å²) in [5.41, 5.74) is 0.0811. The molecule has 26 heavy (non-hydrogen) atoms. The molecule has 0 radical (unpaired) electrons. The van der Waals surface area contributed by atoms with Crippen molar-refractivity contribution < 1.29 is 22.7 Å². The van der Waals surface area contributed by atoms with Crippen LogP contribution in [0.4, 0.5) is 17.6 Å². The van der Waals surface area contributed by atoms with Gasteiger partial charge in [-0.1, -0.05) is 24.6 Å². The van der Waals surface area contributed by atoms with E-state index in [1.54, 1.807) is 0 Å². The zero-order valence-electron chi connectivity index (χ0n) is 13.4. The summed E-state index contributed by atoms with van der Waals surface area (Å²) in [6, 6.07) is 2.03. The molecular weight excluding hydrogens is 372 g/mol. The summed E-state index contributed by atoms with van der Waals surface area (Å²) >= 11 is 1.37. The van der Waals surface area contributed by atoms with E-state index in [1.165, 1.54) is 11.8 Å². The molecule has 5 nitrogen and oxygen atoms in total. The fourth-order valence-corrected chi connectivity index (χ4v) is 4.56. The third-order valence-corrected chi connectivity index (χ3v) is 5.75. The number of aliphatic hydroxyl groups is 1. The highest BCUT2D eigenvalue weighted by Crippen LogP contribution is 2.38. The molecule has 0 amide bonds. The molecule has 0 atom stereocenters. The monoisotopic (exact) mass is 386 g/mol. The molecule has 0 aliphatic heterocycles. The van der Waals surface area contributed by atoms with Gasteiger partial charge in [-0.2, -0.15) is 13.2 Å². The second kappa shape index (κ2) is 6.34. The summed E-state index contributed by atoms with van der Waals surface area (Å²) < 4.78 is 54.9. The Hall–Kier alpha value is -1.94. The minimum Gasteiger partial charge on any atom is -0.392 e. The molecule has 1 fully saturated rings. The van der Waals surface area contributed by atoms with Crippen molar-refractivity contribution in [2.24, 2.45) is 0 Å². The second-order valence-electron chi connectivity index (χ2n) is 6.21. The number of fused-ring (bicyclic) bond motifs is 3. The smallest absolute Gasteiger partial charge is 0.392 e. The van der Waals surface area contributed by atoms with Crippen LogP contribution in [0, 0.1) is 5.82 Å². The third kappa shape index (κ3) is 2.90. The van der Waals surface area contributed by atoms with Crippen molar-refractivity contribution in [1.29, 1.82) is 0 Å². The zero-order valence-corrected chi connectivity index (χ0v) is 14.2. The number of alkyl halides is 3. The average Bonchev–Trinajstić information content (AvgIpc) is 3.23. The van der Waals surface area contributed by atoms with Gasteiger partial charge in [0.25, 0.3) is 0 Å². The molecule has 1 aliphatic carbocycles. The van der Waals surface area contributed by atoms with Gasteiger partial charge in [-0.05, 0) is 18.9 Å². The van der Waals surface area contributed by atoms with Crippen molar-refractivity contribution >= 4 is 28.4 Å². The fraction of sp³-hybridized carbons (Fsp3) is 0.438. The minimum absolute atomic E-state index is 0.0452. The van der Waals surface area contributed by atoms with E-state index in [0.29, 0.717) is 5.03 Å². The first-order valence-electron chi connectivity index (χ1n) is 8.10. The number of benzene rings is 1. The van der Waals surface area contributed by atoms with Crippen molar-refractivity contribution in [1.82, 2.24) is 19.6 Å². The van der Waals surface area contributed by atoms with Gasteiger partial charge in [0.2, 0.25) is 5.82 Å². The number of rotatable bonds is 3. The van der Waals surface area contributed by atoms with Crippen molar-refractivity contribution in [2.75, 3.05) is 0 Å². The highest BCUT2D eigenvalue weighted by atomic mass is 32.2. The quantitative estimate of drug-likeness (QED) is 0.691. The standard InChI is InChI=1S/C16H14F4N4OS/c17-9-5-8(7-25)12-11(6-9)24-13(22-23-15(24)16(18,19)20)14(21-12)26-10-3-1-2-4-10/h5-6,10,25H,1-4,7H2. The molecule has 0 unspecified atom stereocenters. The maximum absolute atomic E-state index is 13.9. The van der Waals surface area contributed by atoms with E-state index in [-0.39, 0.29) is 27.5 Å². The van der Waals surface area contributed by atoms with Gasteiger partial charge in [0.15, 0.2) is 5.65 Å². The maximum atomic E-state index is 13.9. The predicted molar refractivity (Wildman–Crippen MR) is 87.3 cm³/mol.